The molecule has 0 bridgehead atoms. The minimum absolute atomic E-state index is 0.0873. The number of halogens is 1. The van der Waals surface area contributed by atoms with Gasteiger partial charge in [-0.25, -0.2) is 4.98 Å². The second-order valence-electron chi connectivity index (χ2n) is 5.22. The van der Waals surface area contributed by atoms with Crippen LogP contribution in [0.2, 0.25) is 5.02 Å². The number of aromatic nitrogens is 1. The first-order valence-corrected chi connectivity index (χ1v) is 7.84. The van der Waals surface area contributed by atoms with Gasteiger partial charge in [0.1, 0.15) is 11.6 Å². The van der Waals surface area contributed by atoms with Crippen LogP contribution in [0, 0.1) is 5.92 Å². The summed E-state index contributed by atoms with van der Waals surface area (Å²) in [5, 5.41) is 6.67. The predicted molar refractivity (Wildman–Crippen MR) is 82.6 cm³/mol. The van der Waals surface area contributed by atoms with Gasteiger partial charge in [-0.05, 0) is 50.4 Å². The van der Waals surface area contributed by atoms with Crippen LogP contribution in [-0.4, -0.2) is 37.1 Å². The predicted octanol–water partition coefficient (Wildman–Crippen LogP) is 2.01. The van der Waals surface area contributed by atoms with E-state index in [9.17, 15) is 4.79 Å². The summed E-state index contributed by atoms with van der Waals surface area (Å²) in [6.45, 7) is 2.99. The van der Waals surface area contributed by atoms with Gasteiger partial charge in [-0.3, -0.25) is 4.79 Å². The molecule has 1 fully saturated rings. The molecule has 1 aliphatic heterocycles. The standard InChI is InChI=1S/C15H22ClN3O2/c16-13-2-1-7-19-15(13)21-11-10-18-14(20)4-3-12-5-8-17-9-6-12/h1-2,7,12,17H,3-6,8-11H2,(H,18,20). The number of hydrogen-bond acceptors (Lipinski definition) is 4. The van der Waals surface area contributed by atoms with Gasteiger partial charge in [0.15, 0.2) is 0 Å². The zero-order valence-electron chi connectivity index (χ0n) is 12.1. The van der Waals surface area contributed by atoms with Crippen molar-refractivity contribution in [3.8, 4) is 5.88 Å². The molecule has 21 heavy (non-hydrogen) atoms. The molecule has 0 radical (unpaired) electrons. The van der Waals surface area contributed by atoms with E-state index in [0.717, 1.165) is 19.5 Å². The normalized spacial score (nSPS) is 15.7. The molecule has 0 unspecified atom stereocenters. The van der Waals surface area contributed by atoms with Crippen LogP contribution in [0.15, 0.2) is 18.3 Å². The third-order valence-electron chi connectivity index (χ3n) is 3.63. The highest BCUT2D eigenvalue weighted by molar-refractivity contribution is 6.31. The molecule has 1 saturated heterocycles. The number of ether oxygens (including phenoxy) is 1. The monoisotopic (exact) mass is 311 g/mol. The number of rotatable bonds is 7. The Morgan fingerprint density at radius 2 is 2.29 bits per heavy atom. The lowest BCUT2D eigenvalue weighted by molar-refractivity contribution is -0.121. The topological polar surface area (TPSA) is 63.2 Å². The first kappa shape index (κ1) is 16.0. The van der Waals surface area contributed by atoms with Crippen molar-refractivity contribution in [3.63, 3.8) is 0 Å². The number of nitrogens with one attached hydrogen (secondary N) is 2. The Morgan fingerprint density at radius 3 is 3.05 bits per heavy atom. The number of nitrogens with zero attached hydrogens (tertiary/aromatic N) is 1. The van der Waals surface area contributed by atoms with Crippen molar-refractivity contribution in [2.45, 2.75) is 25.7 Å². The van der Waals surface area contributed by atoms with Crippen LogP contribution >= 0.6 is 11.6 Å². The van der Waals surface area contributed by atoms with E-state index in [1.807, 2.05) is 0 Å². The Hall–Kier alpha value is -1.33. The molecule has 6 heteroatoms. The number of piperidine rings is 1. The van der Waals surface area contributed by atoms with E-state index in [1.54, 1.807) is 18.3 Å². The Morgan fingerprint density at radius 1 is 1.48 bits per heavy atom. The Labute approximate surface area is 130 Å². The average Bonchev–Trinajstić information content (AvgIpc) is 2.52. The van der Waals surface area contributed by atoms with Gasteiger partial charge in [0.05, 0.1) is 6.54 Å². The number of pyridine rings is 1. The van der Waals surface area contributed by atoms with Gasteiger partial charge in [-0.2, -0.15) is 0 Å². The smallest absolute Gasteiger partial charge is 0.232 e. The molecule has 2 rings (SSSR count). The third-order valence-corrected chi connectivity index (χ3v) is 3.91. The Balaban J connectivity index is 1.56. The molecule has 1 amide bonds. The summed E-state index contributed by atoms with van der Waals surface area (Å²) >= 11 is 5.92. The average molecular weight is 312 g/mol. The first-order valence-electron chi connectivity index (χ1n) is 7.46. The highest BCUT2D eigenvalue weighted by Crippen LogP contribution is 2.19. The minimum atomic E-state index is 0.0873. The van der Waals surface area contributed by atoms with E-state index in [4.69, 9.17) is 16.3 Å². The number of hydrogen-bond donors (Lipinski definition) is 2. The molecule has 2 heterocycles. The first-order chi connectivity index (χ1) is 10.3. The van der Waals surface area contributed by atoms with E-state index in [-0.39, 0.29) is 5.91 Å². The van der Waals surface area contributed by atoms with Crippen molar-refractivity contribution in [2.75, 3.05) is 26.2 Å². The van der Waals surface area contributed by atoms with Crippen molar-refractivity contribution in [2.24, 2.45) is 5.92 Å². The molecule has 0 aliphatic carbocycles. The van der Waals surface area contributed by atoms with E-state index in [1.165, 1.54) is 12.8 Å². The molecule has 0 aromatic carbocycles. The van der Waals surface area contributed by atoms with Crippen LogP contribution in [0.1, 0.15) is 25.7 Å². The van der Waals surface area contributed by atoms with Gasteiger partial charge in [0.25, 0.3) is 0 Å². The summed E-state index contributed by atoms with van der Waals surface area (Å²) < 4.78 is 5.42. The van der Waals surface area contributed by atoms with Crippen LogP contribution in [0.3, 0.4) is 0 Å². The van der Waals surface area contributed by atoms with Crippen LogP contribution in [0.4, 0.5) is 0 Å². The summed E-state index contributed by atoms with van der Waals surface area (Å²) in [5.41, 5.74) is 0. The van der Waals surface area contributed by atoms with Crippen LogP contribution < -0.4 is 15.4 Å². The van der Waals surface area contributed by atoms with Gasteiger partial charge < -0.3 is 15.4 Å². The summed E-state index contributed by atoms with van der Waals surface area (Å²) in [6, 6.07) is 3.47. The lowest BCUT2D eigenvalue weighted by atomic mass is 9.93. The lowest BCUT2D eigenvalue weighted by Crippen LogP contribution is -2.31. The van der Waals surface area contributed by atoms with Crippen molar-refractivity contribution in [1.82, 2.24) is 15.6 Å². The van der Waals surface area contributed by atoms with Crippen LogP contribution in [0.25, 0.3) is 0 Å². The second kappa shape index (κ2) is 8.85. The maximum Gasteiger partial charge on any atom is 0.232 e. The fourth-order valence-corrected chi connectivity index (χ4v) is 2.59. The zero-order valence-corrected chi connectivity index (χ0v) is 12.9. The second-order valence-corrected chi connectivity index (χ2v) is 5.63. The van der Waals surface area contributed by atoms with Gasteiger partial charge >= 0.3 is 0 Å². The molecular formula is C15H22ClN3O2. The van der Waals surface area contributed by atoms with Crippen LogP contribution in [0.5, 0.6) is 5.88 Å². The van der Waals surface area contributed by atoms with Gasteiger partial charge in [0.2, 0.25) is 11.8 Å². The molecule has 2 N–H and O–H groups in total. The summed E-state index contributed by atoms with van der Waals surface area (Å²) in [4.78, 5) is 15.8. The molecule has 1 aliphatic rings. The molecule has 1 aromatic heterocycles. The van der Waals surface area contributed by atoms with Crippen molar-refractivity contribution < 1.29 is 9.53 Å². The third kappa shape index (κ3) is 5.89. The number of carbonyl (C=O) groups is 1. The van der Waals surface area contributed by atoms with Crippen molar-refractivity contribution >= 4 is 17.5 Å². The lowest BCUT2D eigenvalue weighted by Gasteiger charge is -2.22. The molecule has 0 saturated carbocycles. The Kier molecular flexibility index (Phi) is 6.76. The molecule has 1 aromatic rings. The minimum Gasteiger partial charge on any atom is -0.475 e. The SMILES string of the molecule is O=C(CCC1CCNCC1)NCCOc1ncccc1Cl. The quantitative estimate of drug-likeness (QED) is 0.756. The summed E-state index contributed by atoms with van der Waals surface area (Å²) in [5.74, 6) is 1.17. The van der Waals surface area contributed by atoms with Gasteiger partial charge in [-0.15, -0.1) is 0 Å². The maximum absolute atomic E-state index is 11.7. The van der Waals surface area contributed by atoms with E-state index in [0.29, 0.717) is 36.4 Å². The molecule has 0 spiro atoms. The maximum atomic E-state index is 11.7. The number of carbonyl (C=O) groups excluding carboxylic acids is 1. The van der Waals surface area contributed by atoms with E-state index >= 15 is 0 Å². The molecule has 116 valence electrons. The van der Waals surface area contributed by atoms with Gasteiger partial charge in [0, 0.05) is 12.6 Å². The molecule has 0 atom stereocenters. The summed E-state index contributed by atoms with van der Waals surface area (Å²) in [6.07, 6.45) is 5.54. The highest BCUT2D eigenvalue weighted by atomic mass is 35.5. The molecule has 5 nitrogen and oxygen atoms in total. The van der Waals surface area contributed by atoms with Gasteiger partial charge in [-0.1, -0.05) is 11.6 Å². The molecular weight excluding hydrogens is 290 g/mol. The van der Waals surface area contributed by atoms with E-state index < -0.39 is 0 Å². The largest absolute Gasteiger partial charge is 0.475 e. The Bertz CT molecular complexity index is 450. The van der Waals surface area contributed by atoms with Crippen LogP contribution in [-0.2, 0) is 4.79 Å². The highest BCUT2D eigenvalue weighted by Gasteiger charge is 2.14. The van der Waals surface area contributed by atoms with Crippen molar-refractivity contribution in [3.05, 3.63) is 23.4 Å². The van der Waals surface area contributed by atoms with E-state index in [2.05, 4.69) is 15.6 Å². The fourth-order valence-electron chi connectivity index (χ4n) is 2.41. The summed E-state index contributed by atoms with van der Waals surface area (Å²) in [7, 11) is 0. The van der Waals surface area contributed by atoms with Crippen molar-refractivity contribution in [1.29, 1.82) is 0 Å². The number of amides is 1. The fraction of sp³-hybridized carbons (Fsp3) is 0.600. The zero-order chi connectivity index (χ0) is 14.9.